The van der Waals surface area contributed by atoms with E-state index in [0.717, 1.165) is 40.0 Å². The van der Waals surface area contributed by atoms with Gasteiger partial charge in [-0.3, -0.25) is 4.99 Å². The fraction of sp³-hybridized carbons (Fsp3) is 0.235. The van der Waals surface area contributed by atoms with Crippen molar-refractivity contribution in [3.05, 3.63) is 53.1 Å². The van der Waals surface area contributed by atoms with E-state index in [-0.39, 0.29) is 0 Å². The van der Waals surface area contributed by atoms with E-state index in [0.29, 0.717) is 5.75 Å². The smallest absolute Gasteiger partial charge is 0.129 e. The second-order valence-corrected chi connectivity index (χ2v) is 6.71. The van der Waals surface area contributed by atoms with Crippen LogP contribution in [0.3, 0.4) is 0 Å². The van der Waals surface area contributed by atoms with Crippen molar-refractivity contribution in [1.82, 2.24) is 5.32 Å². The van der Waals surface area contributed by atoms with E-state index in [4.69, 9.17) is 0 Å². The first kappa shape index (κ1) is 15.3. The summed E-state index contributed by atoms with van der Waals surface area (Å²) in [6.07, 6.45) is 0. The molecule has 1 aliphatic heterocycles. The van der Waals surface area contributed by atoms with E-state index < -0.39 is 0 Å². The maximum Gasteiger partial charge on any atom is 0.129 e. The summed E-state index contributed by atoms with van der Waals surface area (Å²) in [5.74, 6) is 1.97. The molecule has 114 valence electrons. The Morgan fingerprint density at radius 2 is 2.18 bits per heavy atom. The number of hydrogen-bond acceptors (Lipinski definition) is 5. The van der Waals surface area contributed by atoms with E-state index in [1.807, 2.05) is 18.2 Å². The number of hydrogen-bond donors (Lipinski definition) is 3. The highest BCUT2D eigenvalue weighted by Gasteiger charge is 2.16. The van der Waals surface area contributed by atoms with Crippen LogP contribution >= 0.6 is 24.4 Å². The van der Waals surface area contributed by atoms with Crippen LogP contribution in [-0.4, -0.2) is 24.0 Å². The number of benzene rings is 2. The maximum atomic E-state index is 10.2. The minimum atomic E-state index is 0.304. The number of thioether (sulfide) groups is 1. The van der Waals surface area contributed by atoms with Crippen LogP contribution in [-0.2, 0) is 5.75 Å². The molecule has 0 amide bonds. The van der Waals surface area contributed by atoms with Gasteiger partial charge in [0.15, 0.2) is 0 Å². The Kier molecular flexibility index (Phi) is 4.64. The third kappa shape index (κ3) is 3.25. The monoisotopic (exact) mass is 330 g/mol. The van der Waals surface area contributed by atoms with Gasteiger partial charge in [-0.25, -0.2) is 0 Å². The zero-order valence-corrected chi connectivity index (χ0v) is 14.0. The number of phenolic OH excluding ortho intramolecular Hbond substituents is 1. The summed E-state index contributed by atoms with van der Waals surface area (Å²) in [5, 5.41) is 13.5. The average Bonchev–Trinajstić information content (AvgIpc) is 3.03. The molecule has 0 saturated carbocycles. The normalized spacial score (nSPS) is 13.8. The molecule has 0 aliphatic carbocycles. The number of aromatic hydroxyl groups is 1. The van der Waals surface area contributed by atoms with Crippen LogP contribution in [0.2, 0.25) is 0 Å². The number of nitrogens with one attached hydrogen (secondary N) is 1. The van der Waals surface area contributed by atoms with Crippen LogP contribution in [0.5, 0.6) is 5.75 Å². The molecule has 0 fully saturated rings. The molecule has 0 bridgehead atoms. The van der Waals surface area contributed by atoms with Crippen molar-refractivity contribution < 1.29 is 5.11 Å². The van der Waals surface area contributed by atoms with E-state index >= 15 is 0 Å². The van der Waals surface area contributed by atoms with Gasteiger partial charge in [0.25, 0.3) is 0 Å². The summed E-state index contributed by atoms with van der Waals surface area (Å²) >= 11 is 6.04. The fourth-order valence-electron chi connectivity index (χ4n) is 2.40. The summed E-state index contributed by atoms with van der Waals surface area (Å²) in [6, 6.07) is 11.7. The molecule has 1 heterocycles. The van der Waals surface area contributed by atoms with E-state index in [2.05, 4.69) is 42.0 Å². The van der Waals surface area contributed by atoms with E-state index in [1.165, 1.54) is 11.1 Å². The molecule has 0 saturated heterocycles. The number of rotatable bonds is 4. The molecule has 0 unspecified atom stereocenters. The van der Waals surface area contributed by atoms with Crippen molar-refractivity contribution in [3.8, 4) is 5.75 Å². The predicted octanol–water partition coefficient (Wildman–Crippen LogP) is 3.63. The molecule has 2 aromatic carbocycles. The summed E-state index contributed by atoms with van der Waals surface area (Å²) in [5.41, 5.74) is 3.44. The Morgan fingerprint density at radius 1 is 1.32 bits per heavy atom. The van der Waals surface area contributed by atoms with E-state index in [1.54, 1.807) is 17.8 Å². The van der Waals surface area contributed by atoms with Gasteiger partial charge in [-0.2, -0.15) is 0 Å². The molecule has 0 spiro atoms. The molecule has 2 N–H and O–H groups in total. The number of phenols is 1. The molecular weight excluding hydrogens is 312 g/mol. The van der Waals surface area contributed by atoms with Gasteiger partial charge >= 0.3 is 0 Å². The summed E-state index contributed by atoms with van der Waals surface area (Å²) in [7, 11) is 0. The van der Waals surface area contributed by atoms with Crippen molar-refractivity contribution in [2.75, 3.05) is 13.1 Å². The lowest BCUT2D eigenvalue weighted by Crippen LogP contribution is -2.20. The van der Waals surface area contributed by atoms with Crippen molar-refractivity contribution in [2.24, 2.45) is 4.99 Å². The number of aryl methyl sites for hydroxylation is 1. The number of amidine groups is 1. The minimum absolute atomic E-state index is 0.304. The van der Waals surface area contributed by atoms with Crippen LogP contribution in [0.25, 0.3) is 0 Å². The van der Waals surface area contributed by atoms with Crippen molar-refractivity contribution in [3.63, 3.8) is 0 Å². The van der Waals surface area contributed by atoms with Crippen molar-refractivity contribution in [2.45, 2.75) is 22.5 Å². The van der Waals surface area contributed by atoms with Gasteiger partial charge in [0.1, 0.15) is 11.6 Å². The van der Waals surface area contributed by atoms with Gasteiger partial charge in [0.2, 0.25) is 0 Å². The Morgan fingerprint density at radius 3 is 2.95 bits per heavy atom. The van der Waals surface area contributed by atoms with Gasteiger partial charge in [-0.15, -0.1) is 24.4 Å². The Hall–Kier alpha value is -1.59. The molecule has 3 nitrogen and oxygen atoms in total. The largest absolute Gasteiger partial charge is 0.507 e. The lowest BCUT2D eigenvalue weighted by molar-refractivity contribution is 0.462. The quantitative estimate of drug-likeness (QED) is 0.592. The highest BCUT2D eigenvalue weighted by molar-refractivity contribution is 7.98. The van der Waals surface area contributed by atoms with Gasteiger partial charge in [0.05, 0.1) is 11.4 Å². The van der Waals surface area contributed by atoms with Crippen molar-refractivity contribution in [1.29, 1.82) is 0 Å². The van der Waals surface area contributed by atoms with E-state index in [9.17, 15) is 5.11 Å². The van der Waals surface area contributed by atoms with Gasteiger partial charge in [-0.1, -0.05) is 12.1 Å². The van der Waals surface area contributed by atoms with Gasteiger partial charge in [0, 0.05) is 22.8 Å². The Balaban J connectivity index is 1.87. The number of thiol groups is 1. The predicted molar refractivity (Wildman–Crippen MR) is 95.5 cm³/mol. The minimum Gasteiger partial charge on any atom is -0.507 e. The topological polar surface area (TPSA) is 44.6 Å². The first-order chi connectivity index (χ1) is 10.6. The number of aliphatic imine (C=N–C) groups is 1. The molecule has 0 aromatic heterocycles. The van der Waals surface area contributed by atoms with Crippen LogP contribution in [0, 0.1) is 6.92 Å². The third-order valence-corrected chi connectivity index (χ3v) is 5.08. The van der Waals surface area contributed by atoms with Crippen LogP contribution in [0.15, 0.2) is 51.2 Å². The molecule has 2 aromatic rings. The molecule has 1 aliphatic rings. The standard InChI is InChI=1S/C17H18N2OS2/c1-11-5-6-13(21)9-12(11)10-22-16-14(3-2-4-15(16)20)17-18-7-8-19-17/h2-6,9,20-21H,7-8,10H2,1H3,(H,18,19). The Labute approximate surface area is 140 Å². The second kappa shape index (κ2) is 6.67. The highest BCUT2D eigenvalue weighted by atomic mass is 32.2. The van der Waals surface area contributed by atoms with Gasteiger partial charge in [-0.05, 0) is 42.3 Å². The van der Waals surface area contributed by atoms with Crippen LogP contribution < -0.4 is 5.32 Å². The fourth-order valence-corrected chi connectivity index (χ4v) is 3.78. The lowest BCUT2D eigenvalue weighted by Gasteiger charge is -2.12. The SMILES string of the molecule is Cc1ccc(S)cc1CSc1c(O)cccc1C1=NCCN1. The van der Waals surface area contributed by atoms with Crippen LogP contribution in [0.4, 0.5) is 0 Å². The summed E-state index contributed by atoms with van der Waals surface area (Å²) < 4.78 is 0. The highest BCUT2D eigenvalue weighted by Crippen LogP contribution is 2.35. The molecule has 3 rings (SSSR count). The zero-order valence-electron chi connectivity index (χ0n) is 12.3. The summed E-state index contributed by atoms with van der Waals surface area (Å²) in [6.45, 7) is 3.74. The van der Waals surface area contributed by atoms with Crippen molar-refractivity contribution >= 4 is 30.2 Å². The average molecular weight is 330 g/mol. The second-order valence-electron chi connectivity index (χ2n) is 5.21. The summed E-state index contributed by atoms with van der Waals surface area (Å²) in [4.78, 5) is 6.30. The number of nitrogens with zero attached hydrogens (tertiary/aromatic N) is 1. The molecule has 0 radical (unpaired) electrons. The first-order valence-corrected chi connectivity index (χ1v) is 8.60. The van der Waals surface area contributed by atoms with Gasteiger partial charge < -0.3 is 10.4 Å². The molecule has 0 atom stereocenters. The maximum absolute atomic E-state index is 10.2. The first-order valence-electron chi connectivity index (χ1n) is 7.17. The molecular formula is C17H18N2OS2. The van der Waals surface area contributed by atoms with Crippen LogP contribution in [0.1, 0.15) is 16.7 Å². The lowest BCUT2D eigenvalue weighted by atomic mass is 10.1. The molecule has 22 heavy (non-hydrogen) atoms. The molecule has 5 heteroatoms. The zero-order chi connectivity index (χ0) is 15.5. The Bertz CT molecular complexity index is 729. The third-order valence-electron chi connectivity index (χ3n) is 3.63.